The number of hydrogen-bond donors (Lipinski definition) is 0. The first-order valence-corrected chi connectivity index (χ1v) is 7.21. The highest BCUT2D eigenvalue weighted by Gasteiger charge is 2.12. The normalized spacial score (nSPS) is 12.1. The van der Waals surface area contributed by atoms with Crippen LogP contribution in [0.15, 0.2) is 42.0 Å². The fourth-order valence-corrected chi connectivity index (χ4v) is 2.50. The van der Waals surface area contributed by atoms with Crippen molar-refractivity contribution >= 4 is 17.3 Å². The molecule has 0 N–H and O–H groups in total. The molecular formula is C15H17NO2S. The molecule has 0 aliphatic carbocycles. The van der Waals surface area contributed by atoms with Gasteiger partial charge in [0.25, 0.3) is 0 Å². The van der Waals surface area contributed by atoms with Crippen LogP contribution in [0.3, 0.4) is 0 Å². The van der Waals surface area contributed by atoms with E-state index < -0.39 is 0 Å². The van der Waals surface area contributed by atoms with E-state index in [1.165, 1.54) is 4.88 Å². The van der Waals surface area contributed by atoms with Gasteiger partial charge in [-0.1, -0.05) is 19.1 Å². The molecule has 0 aliphatic heterocycles. The summed E-state index contributed by atoms with van der Waals surface area (Å²) in [4.78, 5) is 17.0. The van der Waals surface area contributed by atoms with E-state index in [1.54, 1.807) is 23.7 Å². The third-order valence-electron chi connectivity index (χ3n) is 2.92. The van der Waals surface area contributed by atoms with Gasteiger partial charge in [-0.25, -0.2) is 0 Å². The highest BCUT2D eigenvalue weighted by Crippen LogP contribution is 2.18. The van der Waals surface area contributed by atoms with Crippen LogP contribution < -0.4 is 0 Å². The number of carbonyl (C=O) groups excluding carboxylic acids is 1. The smallest absolute Gasteiger partial charge is 0.306 e. The second kappa shape index (κ2) is 7.04. The van der Waals surface area contributed by atoms with E-state index in [4.69, 9.17) is 4.74 Å². The first-order chi connectivity index (χ1) is 9.25. The highest BCUT2D eigenvalue weighted by molar-refractivity contribution is 7.09. The zero-order valence-corrected chi connectivity index (χ0v) is 11.7. The summed E-state index contributed by atoms with van der Waals surface area (Å²) in [5.74, 6) is -0.00385. The summed E-state index contributed by atoms with van der Waals surface area (Å²) in [5, 5.41) is 2.03. The van der Waals surface area contributed by atoms with Gasteiger partial charge in [-0.2, -0.15) is 0 Å². The van der Waals surface area contributed by atoms with E-state index >= 15 is 0 Å². The van der Waals surface area contributed by atoms with Crippen molar-refractivity contribution in [3.8, 4) is 0 Å². The van der Waals surface area contributed by atoms with Gasteiger partial charge in [-0.05, 0) is 29.0 Å². The van der Waals surface area contributed by atoms with Gasteiger partial charge in [0.1, 0.15) is 0 Å². The molecule has 0 amide bonds. The molecule has 0 aliphatic rings. The van der Waals surface area contributed by atoms with Gasteiger partial charge >= 0.3 is 5.97 Å². The molecule has 2 rings (SSSR count). The maximum absolute atomic E-state index is 11.7. The predicted molar refractivity (Wildman–Crippen MR) is 76.3 cm³/mol. The molecule has 1 unspecified atom stereocenters. The van der Waals surface area contributed by atoms with Crippen LogP contribution in [0.1, 0.15) is 29.7 Å². The van der Waals surface area contributed by atoms with E-state index in [0.717, 1.165) is 12.0 Å². The van der Waals surface area contributed by atoms with Crippen LogP contribution in [0.4, 0.5) is 0 Å². The summed E-state index contributed by atoms with van der Waals surface area (Å²) in [5.41, 5.74) is 1.07. The number of carbonyl (C=O) groups is 1. The summed E-state index contributed by atoms with van der Waals surface area (Å²) in [6.45, 7) is 2.47. The average molecular weight is 275 g/mol. The fraction of sp³-hybridized carbons (Fsp3) is 0.333. The van der Waals surface area contributed by atoms with Crippen LogP contribution in [-0.4, -0.2) is 17.6 Å². The number of thiophene rings is 1. The molecule has 0 fully saturated rings. The summed E-state index contributed by atoms with van der Waals surface area (Å²) < 4.78 is 5.25. The highest BCUT2D eigenvalue weighted by atomic mass is 32.1. The standard InChI is InChI=1S/C15H17NO2S/c1-12(13-4-2-7-16-11-13)10-15(17)18-8-6-14-5-3-9-19-14/h2-5,7,9,11-12H,6,8,10H2,1H3. The predicted octanol–water partition coefficient (Wildman–Crippen LogP) is 3.42. The van der Waals surface area contributed by atoms with Gasteiger partial charge in [-0.15, -0.1) is 11.3 Å². The minimum Gasteiger partial charge on any atom is -0.465 e. The zero-order valence-electron chi connectivity index (χ0n) is 10.9. The number of esters is 1. The van der Waals surface area contributed by atoms with E-state index in [0.29, 0.717) is 13.0 Å². The van der Waals surface area contributed by atoms with Crippen LogP contribution in [0.5, 0.6) is 0 Å². The van der Waals surface area contributed by atoms with Crippen molar-refractivity contribution in [3.63, 3.8) is 0 Å². The molecule has 0 radical (unpaired) electrons. The molecule has 1 atom stereocenters. The molecule has 3 nitrogen and oxygen atoms in total. The number of ether oxygens (including phenoxy) is 1. The second-order valence-electron chi connectivity index (χ2n) is 4.44. The van der Waals surface area contributed by atoms with Crippen molar-refractivity contribution in [2.45, 2.75) is 25.7 Å². The van der Waals surface area contributed by atoms with Crippen molar-refractivity contribution in [1.29, 1.82) is 0 Å². The van der Waals surface area contributed by atoms with Crippen molar-refractivity contribution in [2.75, 3.05) is 6.61 Å². The Kier molecular flexibility index (Phi) is 5.10. The molecule has 0 bridgehead atoms. The van der Waals surface area contributed by atoms with Crippen LogP contribution in [-0.2, 0) is 16.0 Å². The molecule has 100 valence electrons. The van der Waals surface area contributed by atoms with Crippen LogP contribution >= 0.6 is 11.3 Å². The van der Waals surface area contributed by atoms with Crippen LogP contribution in [0, 0.1) is 0 Å². The summed E-state index contributed by atoms with van der Waals surface area (Å²) in [7, 11) is 0. The van der Waals surface area contributed by atoms with E-state index in [9.17, 15) is 4.79 Å². The molecule has 2 aromatic rings. The van der Waals surface area contributed by atoms with E-state index in [2.05, 4.69) is 11.1 Å². The van der Waals surface area contributed by atoms with Crippen molar-refractivity contribution in [1.82, 2.24) is 4.98 Å². The SMILES string of the molecule is CC(CC(=O)OCCc1cccs1)c1cccnc1. The molecule has 0 saturated heterocycles. The summed E-state index contributed by atoms with van der Waals surface area (Å²) in [6.07, 6.45) is 4.72. The molecule has 0 saturated carbocycles. The summed E-state index contributed by atoms with van der Waals surface area (Å²) in [6, 6.07) is 7.92. The molecule has 0 aromatic carbocycles. The molecule has 2 aromatic heterocycles. The summed E-state index contributed by atoms with van der Waals surface area (Å²) >= 11 is 1.69. The lowest BCUT2D eigenvalue weighted by Crippen LogP contribution is -2.10. The Morgan fingerprint density at radius 2 is 2.32 bits per heavy atom. The third kappa shape index (κ3) is 4.48. The average Bonchev–Trinajstić information content (AvgIpc) is 2.93. The van der Waals surface area contributed by atoms with Crippen LogP contribution in [0.25, 0.3) is 0 Å². The number of aromatic nitrogens is 1. The quantitative estimate of drug-likeness (QED) is 0.758. The molecule has 19 heavy (non-hydrogen) atoms. The van der Waals surface area contributed by atoms with Gasteiger partial charge in [0, 0.05) is 23.7 Å². The minimum absolute atomic E-state index is 0.142. The molecular weight excluding hydrogens is 258 g/mol. The Morgan fingerprint density at radius 1 is 1.42 bits per heavy atom. The maximum atomic E-state index is 11.7. The fourth-order valence-electron chi connectivity index (χ4n) is 1.81. The number of pyridine rings is 1. The lowest BCUT2D eigenvalue weighted by Gasteiger charge is -2.10. The Hall–Kier alpha value is -1.68. The van der Waals surface area contributed by atoms with Crippen LogP contribution in [0.2, 0.25) is 0 Å². The molecule has 0 spiro atoms. The van der Waals surface area contributed by atoms with Crippen molar-refractivity contribution < 1.29 is 9.53 Å². The first-order valence-electron chi connectivity index (χ1n) is 6.33. The van der Waals surface area contributed by atoms with Crippen molar-refractivity contribution in [2.24, 2.45) is 0 Å². The zero-order chi connectivity index (χ0) is 13.5. The van der Waals surface area contributed by atoms with E-state index in [1.807, 2.05) is 30.5 Å². The van der Waals surface area contributed by atoms with Gasteiger partial charge < -0.3 is 4.74 Å². The monoisotopic (exact) mass is 275 g/mol. The van der Waals surface area contributed by atoms with Gasteiger partial charge in [0.15, 0.2) is 0 Å². The minimum atomic E-state index is -0.145. The van der Waals surface area contributed by atoms with Gasteiger partial charge in [0.05, 0.1) is 13.0 Å². The van der Waals surface area contributed by atoms with E-state index in [-0.39, 0.29) is 11.9 Å². The number of nitrogens with zero attached hydrogens (tertiary/aromatic N) is 1. The van der Waals surface area contributed by atoms with Gasteiger partial charge in [0.2, 0.25) is 0 Å². The first kappa shape index (κ1) is 13.7. The Labute approximate surface area is 117 Å². The third-order valence-corrected chi connectivity index (χ3v) is 3.85. The molecule has 2 heterocycles. The topological polar surface area (TPSA) is 39.2 Å². The largest absolute Gasteiger partial charge is 0.465 e. The maximum Gasteiger partial charge on any atom is 0.306 e. The Bertz CT molecular complexity index is 496. The van der Waals surface area contributed by atoms with Gasteiger partial charge in [-0.3, -0.25) is 9.78 Å². The Balaban J connectivity index is 1.72. The van der Waals surface area contributed by atoms with Crippen molar-refractivity contribution in [3.05, 3.63) is 52.5 Å². The number of rotatable bonds is 6. The lowest BCUT2D eigenvalue weighted by atomic mass is 10.00. The molecule has 4 heteroatoms. The lowest BCUT2D eigenvalue weighted by molar-refractivity contribution is -0.143. The number of hydrogen-bond acceptors (Lipinski definition) is 4. The Morgan fingerprint density at radius 3 is 3.00 bits per heavy atom. The second-order valence-corrected chi connectivity index (χ2v) is 5.47.